The number of hydrogen-bond acceptors (Lipinski definition) is 9. The zero-order valence-corrected chi connectivity index (χ0v) is 74.8. The number of fused-ring (bicyclic) bond motifs is 25. The number of hydrogen-bond donors (Lipinski definition) is 0. The van der Waals surface area contributed by atoms with Gasteiger partial charge in [0.15, 0.2) is 5.82 Å². The van der Waals surface area contributed by atoms with E-state index in [2.05, 4.69) is 438 Å². The summed E-state index contributed by atoms with van der Waals surface area (Å²) in [5.74, 6) is 0.714. The van der Waals surface area contributed by atoms with E-state index in [0.29, 0.717) is 5.82 Å². The quantitative estimate of drug-likeness (QED) is 0.117. The summed E-state index contributed by atoms with van der Waals surface area (Å²) in [5.41, 5.74) is 40.3. The maximum Gasteiger partial charge on any atom is 0.160 e. The zero-order chi connectivity index (χ0) is 90.9. The Morgan fingerprint density at radius 3 is 0.920 bits per heavy atom. The Balaban J connectivity index is 0.000000139. The number of nitrogens with zero attached hydrogens (tertiary/aromatic N) is 9. The Bertz CT molecular complexity index is 8850. The minimum atomic E-state index is -0.661. The summed E-state index contributed by atoms with van der Waals surface area (Å²) in [7, 11) is 0. The standard InChI is InChI=1S/C65H41N5.C64H40N4/c1-3-18-44(19-4-1)63-52-41-62-56(40-51(52)50-24-9-12-29-57(50)69-63)65(53-26-10-7-22-48(53)49-23-8-11-27-54(49)65)55-28-17-25-47(64(55)70(62)46-20-5-2-6-21-46)43-34-32-42(33-35-43)45-38-60(58-30-13-15-36-66-58)68-61(39-45)59-31-14-16-37-67-59;1-4-19-42(20-5-1)61-52-40-59-56(39-51(52)49-27-12-16-33-57(49)65-61)64(53-30-14-10-25-47(53)48-26-11-15-31-54(48)64)55-32-18-29-46(62(55)68(59)45-23-8-3-9-24-45)41-35-37-43(38-36-41)60-50-28-13-17-34-58(50)66-63(67-60)44-21-6-2-7-22-44/h1-41H;1-40H. The van der Waals surface area contributed by atoms with Gasteiger partial charge in [0.1, 0.15) is 0 Å². The maximum absolute atomic E-state index is 5.44. The highest BCUT2D eigenvalue weighted by Gasteiger charge is 2.55. The van der Waals surface area contributed by atoms with Crippen LogP contribution >= 0.6 is 0 Å². The molecule has 2 aliphatic carbocycles. The smallest absolute Gasteiger partial charge is 0.160 e. The highest BCUT2D eigenvalue weighted by Crippen LogP contribution is 2.68. The van der Waals surface area contributed by atoms with Crippen molar-refractivity contribution in [1.82, 2.24) is 34.9 Å². The van der Waals surface area contributed by atoms with Crippen molar-refractivity contribution >= 4 is 88.4 Å². The van der Waals surface area contributed by atoms with Crippen LogP contribution in [0, 0.1) is 0 Å². The first kappa shape index (κ1) is 79.4. The van der Waals surface area contributed by atoms with Gasteiger partial charge in [0.25, 0.3) is 0 Å². The second kappa shape index (κ2) is 32.3. The van der Waals surface area contributed by atoms with E-state index in [9.17, 15) is 0 Å². The molecule has 9 nitrogen and oxygen atoms in total. The first-order valence-corrected chi connectivity index (χ1v) is 47.1. The molecule has 0 saturated heterocycles. The summed E-state index contributed by atoms with van der Waals surface area (Å²) in [6, 6.07) is 173. The van der Waals surface area contributed by atoms with Crippen molar-refractivity contribution in [3.63, 3.8) is 0 Å². The normalized spacial score (nSPS) is 13.0. The van der Waals surface area contributed by atoms with Gasteiger partial charge >= 0.3 is 0 Å². The number of rotatable bonds is 11. The number of anilines is 6. The fraction of sp³-hybridized carbons (Fsp3) is 0.0155. The molecule has 2 aliphatic heterocycles. The highest BCUT2D eigenvalue weighted by atomic mass is 15.2. The minimum absolute atomic E-state index is 0.654. The van der Waals surface area contributed by atoms with Gasteiger partial charge in [0, 0.05) is 84.1 Å². The summed E-state index contributed by atoms with van der Waals surface area (Å²) in [6.45, 7) is 0. The first-order valence-electron chi connectivity index (χ1n) is 47.1. The lowest BCUT2D eigenvalue weighted by Gasteiger charge is -2.46. The molecule has 6 aromatic heterocycles. The maximum atomic E-state index is 5.44. The summed E-state index contributed by atoms with van der Waals surface area (Å²) in [4.78, 5) is 40.6. The summed E-state index contributed by atoms with van der Waals surface area (Å²) in [6.07, 6.45) is 3.63. The van der Waals surface area contributed by atoms with E-state index in [1.54, 1.807) is 0 Å². The Labute approximate surface area is 798 Å². The van der Waals surface area contributed by atoms with Crippen molar-refractivity contribution in [2.75, 3.05) is 9.80 Å². The van der Waals surface area contributed by atoms with Crippen molar-refractivity contribution < 1.29 is 0 Å². The fourth-order valence-corrected chi connectivity index (χ4v) is 22.7. The van der Waals surface area contributed by atoms with Crippen LogP contribution in [0.25, 0.3) is 178 Å². The highest BCUT2D eigenvalue weighted by molar-refractivity contribution is 6.17. The number of benzene rings is 18. The average Bonchev–Trinajstić information content (AvgIpc) is 1.44. The van der Waals surface area contributed by atoms with Crippen molar-refractivity contribution in [2.45, 2.75) is 10.8 Å². The van der Waals surface area contributed by atoms with Crippen molar-refractivity contribution in [2.24, 2.45) is 0 Å². The van der Waals surface area contributed by atoms with E-state index in [4.69, 9.17) is 24.9 Å². The Kier molecular flexibility index (Phi) is 18.6. The molecular weight excluding hydrogens is 1680 g/mol. The average molecular weight is 1760 g/mol. The van der Waals surface area contributed by atoms with Gasteiger partial charge in [-0.05, 0) is 203 Å². The first-order chi connectivity index (χ1) is 68.5. The molecule has 0 bridgehead atoms. The third-order valence-electron chi connectivity index (χ3n) is 28.6. The van der Waals surface area contributed by atoms with Crippen LogP contribution in [0.4, 0.5) is 34.1 Å². The lowest BCUT2D eigenvalue weighted by molar-refractivity contribution is 0.755. The molecule has 0 atom stereocenters. The van der Waals surface area contributed by atoms with Gasteiger partial charge in [-0.25, -0.2) is 24.9 Å². The van der Waals surface area contributed by atoms with E-state index in [1.807, 2.05) is 73.1 Å². The van der Waals surface area contributed by atoms with Crippen LogP contribution in [0.1, 0.15) is 44.5 Å². The predicted molar refractivity (Wildman–Crippen MR) is 565 cm³/mol. The summed E-state index contributed by atoms with van der Waals surface area (Å²) in [5, 5.41) is 7.88. The molecule has 8 heterocycles. The molecule has 2 spiro atoms. The van der Waals surface area contributed by atoms with E-state index in [-0.39, 0.29) is 0 Å². The molecule has 0 N–H and O–H groups in total. The molecule has 9 heteroatoms. The van der Waals surface area contributed by atoms with E-state index >= 15 is 0 Å². The van der Waals surface area contributed by atoms with Gasteiger partial charge in [0.2, 0.25) is 0 Å². The van der Waals surface area contributed by atoms with Crippen LogP contribution in [0.3, 0.4) is 0 Å². The molecule has 0 unspecified atom stereocenters. The molecule has 0 amide bonds. The van der Waals surface area contributed by atoms with Crippen LogP contribution in [0.5, 0.6) is 0 Å². The minimum Gasteiger partial charge on any atom is -0.309 e. The van der Waals surface area contributed by atoms with Gasteiger partial charge in [-0.3, -0.25) is 9.97 Å². The van der Waals surface area contributed by atoms with Crippen LogP contribution in [0.15, 0.2) is 492 Å². The number of aromatic nitrogens is 7. The lowest BCUT2D eigenvalue weighted by atomic mass is 9.63. The van der Waals surface area contributed by atoms with E-state index in [0.717, 1.165) is 173 Å². The fourth-order valence-electron chi connectivity index (χ4n) is 22.7. The topological polar surface area (TPSA) is 96.7 Å². The van der Waals surface area contributed by atoms with Gasteiger partial charge < -0.3 is 9.80 Å². The van der Waals surface area contributed by atoms with Crippen molar-refractivity contribution in [3.05, 3.63) is 536 Å². The van der Waals surface area contributed by atoms with Crippen LogP contribution in [-0.2, 0) is 10.8 Å². The predicted octanol–water partition coefficient (Wildman–Crippen LogP) is 32.2. The number of para-hydroxylation sites is 7. The van der Waals surface area contributed by atoms with Crippen LogP contribution < -0.4 is 9.80 Å². The Hall–Kier alpha value is -18.3. The molecule has 18 aromatic carbocycles. The lowest BCUT2D eigenvalue weighted by Crippen LogP contribution is -2.36. The third-order valence-corrected chi connectivity index (χ3v) is 28.6. The molecule has 138 heavy (non-hydrogen) atoms. The Morgan fingerprint density at radius 2 is 0.500 bits per heavy atom. The monoisotopic (exact) mass is 1760 g/mol. The molecule has 24 aromatic rings. The summed E-state index contributed by atoms with van der Waals surface area (Å²) < 4.78 is 0. The van der Waals surface area contributed by atoms with Gasteiger partial charge in [0.05, 0.1) is 90.0 Å². The van der Waals surface area contributed by atoms with Gasteiger partial charge in [-0.1, -0.05) is 376 Å². The van der Waals surface area contributed by atoms with Gasteiger partial charge in [-0.15, -0.1) is 0 Å². The Morgan fingerprint density at radius 1 is 0.174 bits per heavy atom. The second-order valence-electron chi connectivity index (χ2n) is 35.9. The molecular formula is C129H81N9. The largest absolute Gasteiger partial charge is 0.309 e. The van der Waals surface area contributed by atoms with E-state index in [1.165, 1.54) is 77.5 Å². The number of pyridine rings is 5. The zero-order valence-electron chi connectivity index (χ0n) is 74.8. The molecule has 4 aliphatic rings. The molecule has 0 fully saturated rings. The van der Waals surface area contributed by atoms with Gasteiger partial charge in [-0.2, -0.15) is 0 Å². The van der Waals surface area contributed by atoms with Crippen LogP contribution in [0.2, 0.25) is 0 Å². The summed E-state index contributed by atoms with van der Waals surface area (Å²) >= 11 is 0. The second-order valence-corrected chi connectivity index (χ2v) is 35.9. The SMILES string of the molecule is c1ccc(-c2nc(-c3ccc(-c4cccc5c4N(c4ccccc4)c4cc6c(-c7ccccc7)nc7ccccc7c6cc4C54c5ccccc5-c5ccccc54)cc3)c3ccccc3n2)cc1.c1ccc(-c2nc3ccccc3c3cc4c(cc23)N(c2ccccc2)c2c(-c3ccc(-c5cc(-c6ccccn6)nc(-c6ccccn6)c5)cc3)cccc2C42c3ccccc3-c3ccccc32)cc1. The van der Waals surface area contributed by atoms with Crippen molar-refractivity contribution in [1.29, 1.82) is 0 Å². The van der Waals surface area contributed by atoms with Crippen LogP contribution in [-0.4, -0.2) is 34.9 Å². The third kappa shape index (κ3) is 12.5. The molecule has 28 rings (SSSR count). The van der Waals surface area contributed by atoms with E-state index < -0.39 is 10.8 Å². The molecule has 0 radical (unpaired) electrons. The van der Waals surface area contributed by atoms with Crippen molar-refractivity contribution in [3.8, 4) is 124 Å². The molecule has 0 saturated carbocycles. The molecule has 642 valence electrons.